The number of nitrogens with zero attached hydrogens (tertiary/aromatic N) is 1. The molecular formula is C15H14Br2ClNO2. The predicted molar refractivity (Wildman–Crippen MR) is 91.9 cm³/mol. The van der Waals surface area contributed by atoms with Gasteiger partial charge in [0, 0.05) is 20.7 Å². The van der Waals surface area contributed by atoms with Crippen molar-refractivity contribution in [1.82, 2.24) is 4.57 Å². The Morgan fingerprint density at radius 1 is 1.29 bits per heavy atom. The Balaban J connectivity index is 2.51. The molecule has 21 heavy (non-hydrogen) atoms. The summed E-state index contributed by atoms with van der Waals surface area (Å²) in [4.78, 5) is 12.3. The largest absolute Gasteiger partial charge is 0.443 e. The molecule has 0 aliphatic rings. The first kappa shape index (κ1) is 16.6. The molecular weight excluding hydrogens is 421 g/mol. The molecule has 1 heterocycles. The summed E-state index contributed by atoms with van der Waals surface area (Å²) < 4.78 is 8.41. The standard InChI is InChI=1S/C15H14Br2ClNO2/c1-15(2,3)21-14(20)19-8-9(16)7-12(19)10-5-4-6-11(18)13(10)17/h4-8H,1-3H3. The highest BCUT2D eigenvalue weighted by molar-refractivity contribution is 9.11. The van der Waals surface area contributed by atoms with Crippen molar-refractivity contribution in [3.05, 3.63) is 44.4 Å². The number of carbonyl (C=O) groups is 1. The zero-order valence-electron chi connectivity index (χ0n) is 11.8. The van der Waals surface area contributed by atoms with Gasteiger partial charge in [0.1, 0.15) is 5.60 Å². The molecule has 0 spiro atoms. The summed E-state index contributed by atoms with van der Waals surface area (Å²) in [6, 6.07) is 7.35. The van der Waals surface area contributed by atoms with E-state index in [4.69, 9.17) is 16.3 Å². The van der Waals surface area contributed by atoms with Crippen LogP contribution in [0.4, 0.5) is 4.79 Å². The lowest BCUT2D eigenvalue weighted by Crippen LogP contribution is -2.27. The molecule has 0 aliphatic heterocycles. The Morgan fingerprint density at radius 3 is 2.57 bits per heavy atom. The van der Waals surface area contributed by atoms with Crippen molar-refractivity contribution in [2.45, 2.75) is 26.4 Å². The van der Waals surface area contributed by atoms with Gasteiger partial charge >= 0.3 is 6.09 Å². The molecule has 112 valence electrons. The minimum absolute atomic E-state index is 0.435. The first-order valence-corrected chi connectivity index (χ1v) is 8.21. The van der Waals surface area contributed by atoms with Gasteiger partial charge in [-0.3, -0.25) is 4.57 Å². The van der Waals surface area contributed by atoms with E-state index in [2.05, 4.69) is 31.9 Å². The number of rotatable bonds is 1. The van der Waals surface area contributed by atoms with Crippen LogP contribution in [-0.4, -0.2) is 16.3 Å². The maximum absolute atomic E-state index is 12.3. The number of benzene rings is 1. The molecule has 0 aliphatic carbocycles. The van der Waals surface area contributed by atoms with Crippen molar-refractivity contribution in [1.29, 1.82) is 0 Å². The van der Waals surface area contributed by atoms with Gasteiger partial charge in [-0.2, -0.15) is 0 Å². The smallest absolute Gasteiger partial charge is 0.419 e. The van der Waals surface area contributed by atoms with Crippen LogP contribution in [-0.2, 0) is 4.74 Å². The van der Waals surface area contributed by atoms with Gasteiger partial charge in [-0.05, 0) is 64.8 Å². The summed E-state index contributed by atoms with van der Waals surface area (Å²) in [5, 5.41) is 0.584. The molecule has 0 unspecified atom stereocenters. The normalized spacial score (nSPS) is 11.5. The van der Waals surface area contributed by atoms with Crippen molar-refractivity contribution in [2.24, 2.45) is 0 Å². The third kappa shape index (κ3) is 3.90. The van der Waals surface area contributed by atoms with E-state index in [1.54, 1.807) is 12.3 Å². The number of hydrogen-bond donors (Lipinski definition) is 0. The quantitative estimate of drug-likeness (QED) is 0.541. The maximum Gasteiger partial charge on any atom is 0.419 e. The van der Waals surface area contributed by atoms with E-state index in [-0.39, 0.29) is 0 Å². The van der Waals surface area contributed by atoms with Gasteiger partial charge in [0.25, 0.3) is 0 Å². The van der Waals surface area contributed by atoms with Crippen LogP contribution in [0.5, 0.6) is 0 Å². The average molecular weight is 436 g/mol. The fourth-order valence-corrected chi connectivity index (χ4v) is 2.87. The maximum atomic E-state index is 12.3. The molecule has 0 saturated carbocycles. The van der Waals surface area contributed by atoms with Gasteiger partial charge < -0.3 is 4.74 Å². The van der Waals surface area contributed by atoms with Crippen LogP contribution in [0.3, 0.4) is 0 Å². The second-order valence-electron chi connectivity index (χ2n) is 5.50. The van der Waals surface area contributed by atoms with Crippen LogP contribution >= 0.6 is 43.5 Å². The molecule has 1 aromatic carbocycles. The highest BCUT2D eigenvalue weighted by atomic mass is 79.9. The second-order valence-corrected chi connectivity index (χ2v) is 7.61. The van der Waals surface area contributed by atoms with Crippen molar-refractivity contribution in [3.8, 4) is 11.3 Å². The van der Waals surface area contributed by atoms with Gasteiger partial charge in [0.2, 0.25) is 0 Å². The minimum atomic E-state index is -0.559. The molecule has 0 fully saturated rings. The monoisotopic (exact) mass is 433 g/mol. The Labute approximate surface area is 145 Å². The second kappa shape index (κ2) is 6.15. The minimum Gasteiger partial charge on any atom is -0.443 e. The summed E-state index contributed by atoms with van der Waals surface area (Å²) in [5.74, 6) is 0. The number of aromatic nitrogens is 1. The summed E-state index contributed by atoms with van der Waals surface area (Å²) in [5.41, 5.74) is 0.959. The third-order valence-corrected chi connectivity index (χ3v) is 4.44. The lowest BCUT2D eigenvalue weighted by Gasteiger charge is -2.20. The Hall–Kier alpha value is -0.780. The molecule has 3 nitrogen and oxygen atoms in total. The Morgan fingerprint density at radius 2 is 1.95 bits per heavy atom. The zero-order chi connectivity index (χ0) is 15.8. The fraction of sp³-hybridized carbons (Fsp3) is 0.267. The average Bonchev–Trinajstić information content (AvgIpc) is 2.73. The first-order valence-electron chi connectivity index (χ1n) is 6.24. The van der Waals surface area contributed by atoms with Crippen LogP contribution < -0.4 is 0 Å². The molecule has 2 aromatic rings. The predicted octanol–water partition coefficient (Wildman–Crippen LogP) is 6.12. The lowest BCUT2D eigenvalue weighted by molar-refractivity contribution is 0.0540. The topological polar surface area (TPSA) is 31.2 Å². The molecule has 1 aromatic heterocycles. The van der Waals surface area contributed by atoms with E-state index in [0.29, 0.717) is 10.7 Å². The lowest BCUT2D eigenvalue weighted by atomic mass is 10.1. The summed E-state index contributed by atoms with van der Waals surface area (Å²) in [6.45, 7) is 5.50. The van der Waals surface area contributed by atoms with Crippen molar-refractivity contribution >= 4 is 49.6 Å². The highest BCUT2D eigenvalue weighted by Crippen LogP contribution is 2.35. The number of hydrogen-bond acceptors (Lipinski definition) is 2. The first-order chi connectivity index (χ1) is 9.69. The van der Waals surface area contributed by atoms with Crippen molar-refractivity contribution < 1.29 is 9.53 Å². The Bertz CT molecular complexity index is 689. The van der Waals surface area contributed by atoms with Crippen LogP contribution in [0.2, 0.25) is 5.02 Å². The molecule has 0 atom stereocenters. The number of halogens is 3. The van der Waals surface area contributed by atoms with E-state index in [1.807, 2.05) is 39.0 Å². The fourth-order valence-electron chi connectivity index (χ4n) is 1.80. The van der Waals surface area contributed by atoms with Gasteiger partial charge in [0.15, 0.2) is 0 Å². The van der Waals surface area contributed by atoms with E-state index in [9.17, 15) is 4.79 Å². The summed E-state index contributed by atoms with van der Waals surface area (Å²) in [7, 11) is 0. The van der Waals surface area contributed by atoms with Gasteiger partial charge in [-0.15, -0.1) is 0 Å². The molecule has 0 radical (unpaired) electrons. The molecule has 0 amide bonds. The molecule has 2 rings (SSSR count). The molecule has 0 N–H and O–H groups in total. The van der Waals surface area contributed by atoms with E-state index in [1.165, 1.54) is 4.57 Å². The van der Waals surface area contributed by atoms with Crippen LogP contribution in [0.25, 0.3) is 11.3 Å². The highest BCUT2D eigenvalue weighted by Gasteiger charge is 2.22. The van der Waals surface area contributed by atoms with E-state index >= 15 is 0 Å². The third-order valence-electron chi connectivity index (χ3n) is 2.60. The zero-order valence-corrected chi connectivity index (χ0v) is 15.7. The number of carbonyl (C=O) groups excluding carboxylic acids is 1. The van der Waals surface area contributed by atoms with Crippen molar-refractivity contribution in [3.63, 3.8) is 0 Å². The van der Waals surface area contributed by atoms with Gasteiger partial charge in [0.05, 0.1) is 10.7 Å². The number of ether oxygens (including phenoxy) is 1. The molecule has 0 saturated heterocycles. The summed E-state index contributed by atoms with van der Waals surface area (Å²) >= 11 is 13.0. The van der Waals surface area contributed by atoms with Crippen LogP contribution in [0, 0.1) is 0 Å². The molecule has 6 heteroatoms. The van der Waals surface area contributed by atoms with Gasteiger partial charge in [-0.25, -0.2) is 4.79 Å². The molecule has 0 bridgehead atoms. The van der Waals surface area contributed by atoms with Crippen molar-refractivity contribution in [2.75, 3.05) is 0 Å². The van der Waals surface area contributed by atoms with Gasteiger partial charge in [-0.1, -0.05) is 23.7 Å². The van der Waals surface area contributed by atoms with E-state index in [0.717, 1.165) is 14.5 Å². The summed E-state index contributed by atoms with van der Waals surface area (Å²) in [6.07, 6.45) is 1.24. The van der Waals surface area contributed by atoms with E-state index < -0.39 is 11.7 Å². The van der Waals surface area contributed by atoms with Crippen LogP contribution in [0.1, 0.15) is 20.8 Å². The SMILES string of the molecule is CC(C)(C)OC(=O)n1cc(Br)cc1-c1cccc(Cl)c1Br. The van der Waals surface area contributed by atoms with Crippen LogP contribution in [0.15, 0.2) is 39.4 Å². The Kier molecular flexibility index (Phi) is 4.85.